The Bertz CT molecular complexity index is 946. The number of benzene rings is 2. The van der Waals surface area contributed by atoms with Gasteiger partial charge in [0.15, 0.2) is 0 Å². The van der Waals surface area contributed by atoms with E-state index in [-0.39, 0.29) is 5.91 Å². The molecule has 30 heavy (non-hydrogen) atoms. The molecule has 0 bridgehead atoms. The van der Waals surface area contributed by atoms with Gasteiger partial charge >= 0.3 is 0 Å². The van der Waals surface area contributed by atoms with Gasteiger partial charge in [0, 0.05) is 23.8 Å². The molecule has 156 valence electrons. The lowest BCUT2D eigenvalue weighted by atomic mass is 9.94. The molecule has 0 radical (unpaired) electrons. The van der Waals surface area contributed by atoms with Gasteiger partial charge in [-0.25, -0.2) is 9.67 Å². The molecule has 2 aromatic carbocycles. The molecule has 1 fully saturated rings. The van der Waals surface area contributed by atoms with Crippen molar-refractivity contribution in [1.29, 1.82) is 0 Å². The summed E-state index contributed by atoms with van der Waals surface area (Å²) in [7, 11) is 2.20. The number of anilines is 1. The zero-order valence-electron chi connectivity index (χ0n) is 17.5. The van der Waals surface area contributed by atoms with Crippen molar-refractivity contribution in [2.45, 2.75) is 51.2 Å². The van der Waals surface area contributed by atoms with Crippen LogP contribution in [0, 0.1) is 0 Å². The van der Waals surface area contributed by atoms with Gasteiger partial charge in [-0.15, -0.1) is 0 Å². The zero-order chi connectivity index (χ0) is 20.8. The molecule has 6 heteroatoms. The zero-order valence-corrected chi connectivity index (χ0v) is 17.5. The summed E-state index contributed by atoms with van der Waals surface area (Å²) >= 11 is 0. The molecule has 0 saturated heterocycles. The van der Waals surface area contributed by atoms with Crippen LogP contribution in [0.5, 0.6) is 0 Å². The SMILES string of the molecule is CN(Cc1ccccc1NC(=O)c1ccc(Cn2cncn2)cc1)C1CCCCC1. The normalized spacial score (nSPS) is 14.7. The van der Waals surface area contributed by atoms with Crippen LogP contribution in [0.2, 0.25) is 0 Å². The van der Waals surface area contributed by atoms with Crippen LogP contribution < -0.4 is 5.32 Å². The lowest BCUT2D eigenvalue weighted by molar-refractivity contribution is 0.102. The summed E-state index contributed by atoms with van der Waals surface area (Å²) < 4.78 is 1.76. The number of amides is 1. The third kappa shape index (κ3) is 5.13. The van der Waals surface area contributed by atoms with Crippen LogP contribution in [0.1, 0.15) is 53.6 Å². The Morgan fingerprint density at radius 3 is 2.60 bits per heavy atom. The van der Waals surface area contributed by atoms with E-state index in [2.05, 4.69) is 33.4 Å². The predicted molar refractivity (Wildman–Crippen MR) is 118 cm³/mol. The highest BCUT2D eigenvalue weighted by Crippen LogP contribution is 2.25. The molecule has 1 aliphatic carbocycles. The summed E-state index contributed by atoms with van der Waals surface area (Å²) in [6.07, 6.45) is 9.74. The largest absolute Gasteiger partial charge is 0.322 e. The second-order valence-electron chi connectivity index (χ2n) is 8.11. The molecule has 0 atom stereocenters. The minimum Gasteiger partial charge on any atom is -0.322 e. The van der Waals surface area contributed by atoms with Crippen LogP contribution in [0.25, 0.3) is 0 Å². The van der Waals surface area contributed by atoms with E-state index >= 15 is 0 Å². The molecule has 1 heterocycles. The van der Waals surface area contributed by atoms with Crippen molar-refractivity contribution in [3.05, 3.63) is 77.9 Å². The Morgan fingerprint density at radius 1 is 1.10 bits per heavy atom. The van der Waals surface area contributed by atoms with Gasteiger partial charge < -0.3 is 5.32 Å². The summed E-state index contributed by atoms with van der Waals surface area (Å²) in [5, 5.41) is 7.22. The van der Waals surface area contributed by atoms with E-state index in [1.54, 1.807) is 11.0 Å². The van der Waals surface area contributed by atoms with Crippen LogP contribution in [-0.4, -0.2) is 38.7 Å². The molecule has 4 rings (SSSR count). The number of aromatic nitrogens is 3. The lowest BCUT2D eigenvalue weighted by Crippen LogP contribution is -2.33. The van der Waals surface area contributed by atoms with Crippen molar-refractivity contribution in [2.24, 2.45) is 0 Å². The molecule has 1 N–H and O–H groups in total. The number of nitrogens with one attached hydrogen (secondary N) is 1. The molecule has 0 aliphatic heterocycles. The van der Waals surface area contributed by atoms with E-state index < -0.39 is 0 Å². The van der Waals surface area contributed by atoms with E-state index in [0.717, 1.165) is 23.4 Å². The third-order valence-electron chi connectivity index (χ3n) is 5.91. The van der Waals surface area contributed by atoms with Gasteiger partial charge in [0.1, 0.15) is 12.7 Å². The second kappa shape index (κ2) is 9.67. The smallest absolute Gasteiger partial charge is 0.255 e. The van der Waals surface area contributed by atoms with Crippen LogP contribution >= 0.6 is 0 Å². The fourth-order valence-corrected chi connectivity index (χ4v) is 4.16. The first-order valence-corrected chi connectivity index (χ1v) is 10.7. The van der Waals surface area contributed by atoms with Crippen molar-refractivity contribution < 1.29 is 4.79 Å². The monoisotopic (exact) mass is 403 g/mol. The number of carbonyl (C=O) groups is 1. The minimum atomic E-state index is -0.0879. The molecule has 0 spiro atoms. The first-order valence-electron chi connectivity index (χ1n) is 10.7. The summed E-state index contributed by atoms with van der Waals surface area (Å²) in [6.45, 7) is 1.48. The van der Waals surface area contributed by atoms with Gasteiger partial charge in [0.2, 0.25) is 0 Å². The molecule has 1 saturated carbocycles. The van der Waals surface area contributed by atoms with Gasteiger partial charge in [-0.05, 0) is 49.2 Å². The molecule has 6 nitrogen and oxygen atoms in total. The summed E-state index contributed by atoms with van der Waals surface area (Å²) in [4.78, 5) is 19.2. The van der Waals surface area contributed by atoms with Crippen molar-refractivity contribution in [1.82, 2.24) is 19.7 Å². The van der Waals surface area contributed by atoms with Gasteiger partial charge in [-0.3, -0.25) is 9.69 Å². The number of hydrogen-bond acceptors (Lipinski definition) is 4. The Kier molecular flexibility index (Phi) is 6.54. The maximum Gasteiger partial charge on any atom is 0.255 e. The van der Waals surface area contributed by atoms with E-state index in [1.165, 1.54) is 38.4 Å². The first-order chi connectivity index (χ1) is 14.7. The highest BCUT2D eigenvalue weighted by atomic mass is 16.1. The Labute approximate surface area is 177 Å². The fourth-order valence-electron chi connectivity index (χ4n) is 4.16. The molecular weight excluding hydrogens is 374 g/mol. The van der Waals surface area contributed by atoms with E-state index in [0.29, 0.717) is 18.2 Å². The number of para-hydroxylation sites is 1. The van der Waals surface area contributed by atoms with Crippen LogP contribution in [-0.2, 0) is 13.1 Å². The molecule has 1 aromatic heterocycles. The maximum absolute atomic E-state index is 12.8. The van der Waals surface area contributed by atoms with Crippen LogP contribution in [0.15, 0.2) is 61.2 Å². The Balaban J connectivity index is 1.40. The molecule has 0 unspecified atom stereocenters. The first kappa shape index (κ1) is 20.3. The van der Waals surface area contributed by atoms with Crippen molar-refractivity contribution >= 4 is 11.6 Å². The maximum atomic E-state index is 12.8. The summed E-state index contributed by atoms with van der Waals surface area (Å²) in [6, 6.07) is 16.4. The highest BCUT2D eigenvalue weighted by molar-refractivity contribution is 6.04. The average Bonchev–Trinajstić information content (AvgIpc) is 3.29. The van der Waals surface area contributed by atoms with E-state index in [1.807, 2.05) is 42.5 Å². The van der Waals surface area contributed by atoms with Crippen molar-refractivity contribution in [2.75, 3.05) is 12.4 Å². The van der Waals surface area contributed by atoms with Crippen LogP contribution in [0.3, 0.4) is 0 Å². The molecular formula is C24H29N5O. The number of hydrogen-bond donors (Lipinski definition) is 1. The second-order valence-corrected chi connectivity index (χ2v) is 8.11. The summed E-state index contributed by atoms with van der Waals surface area (Å²) in [5.74, 6) is -0.0879. The fraction of sp³-hybridized carbons (Fsp3) is 0.375. The highest BCUT2D eigenvalue weighted by Gasteiger charge is 2.19. The third-order valence-corrected chi connectivity index (χ3v) is 5.91. The Morgan fingerprint density at radius 2 is 1.87 bits per heavy atom. The molecule has 1 amide bonds. The van der Waals surface area contributed by atoms with E-state index in [4.69, 9.17) is 0 Å². The summed E-state index contributed by atoms with van der Waals surface area (Å²) in [5.41, 5.74) is 3.76. The van der Waals surface area contributed by atoms with Crippen molar-refractivity contribution in [3.8, 4) is 0 Å². The predicted octanol–water partition coefficient (Wildman–Crippen LogP) is 4.34. The van der Waals surface area contributed by atoms with E-state index in [9.17, 15) is 4.79 Å². The molecule has 3 aromatic rings. The minimum absolute atomic E-state index is 0.0879. The quantitative estimate of drug-likeness (QED) is 0.637. The van der Waals surface area contributed by atoms with Crippen LogP contribution in [0.4, 0.5) is 5.69 Å². The number of nitrogens with zero attached hydrogens (tertiary/aromatic N) is 4. The van der Waals surface area contributed by atoms with Gasteiger partial charge in [0.05, 0.1) is 6.54 Å². The number of rotatable bonds is 7. The molecule has 1 aliphatic rings. The van der Waals surface area contributed by atoms with Crippen molar-refractivity contribution in [3.63, 3.8) is 0 Å². The average molecular weight is 404 g/mol. The number of carbonyl (C=O) groups excluding carboxylic acids is 1. The van der Waals surface area contributed by atoms with Gasteiger partial charge in [-0.2, -0.15) is 5.10 Å². The van der Waals surface area contributed by atoms with Gasteiger partial charge in [0.25, 0.3) is 5.91 Å². The lowest BCUT2D eigenvalue weighted by Gasteiger charge is -2.31. The standard InChI is InChI=1S/C24H29N5O/c1-28(22-8-3-2-4-9-22)16-21-7-5-6-10-23(21)27-24(30)20-13-11-19(12-14-20)15-29-18-25-17-26-29/h5-7,10-14,17-18,22H,2-4,8-9,15-16H2,1H3,(H,27,30). The Hall–Kier alpha value is -2.99. The topological polar surface area (TPSA) is 63.1 Å². The van der Waals surface area contributed by atoms with Gasteiger partial charge in [-0.1, -0.05) is 49.6 Å².